The van der Waals surface area contributed by atoms with Gasteiger partial charge in [0.1, 0.15) is 12.1 Å². The first-order chi connectivity index (χ1) is 18.4. The Hall–Kier alpha value is -3.34. The Labute approximate surface area is 223 Å². The van der Waals surface area contributed by atoms with Gasteiger partial charge in [-0.2, -0.15) is 43.2 Å². The lowest BCUT2D eigenvalue weighted by molar-refractivity contribution is -0.0500. The van der Waals surface area contributed by atoms with Gasteiger partial charge in [0.05, 0.1) is 11.0 Å². The molecule has 0 bridgehead atoms. The number of imidazole rings is 1. The standard InChI is InChI=1S/C23H19F6N3O6S2/c1-12-7-14-9-19-15(16(14)10-20(12)38-40(36,37)23(27,28)29)3-2-6-31(19)21(33)13-4-5-18-17(8-13)30-11-32(18)39(34,35)22(24,25)26/h4-5,7-8,10-11,15,19H,2-3,6,9H2,1H3/t15?,19-/m0/s1. The lowest BCUT2D eigenvalue weighted by Crippen LogP contribution is -2.46. The SMILES string of the molecule is Cc1cc2c(cc1OS(=O)(=O)C(F)(F)F)C1CCCN(C(=O)c3ccc4c(c3)ncn4S(=O)(=O)C(F)(F)F)[C@H]1C2. The molecule has 3 aromatic rings. The monoisotopic (exact) mass is 611 g/mol. The van der Waals surface area contributed by atoms with Crippen molar-refractivity contribution in [3.8, 4) is 5.75 Å². The van der Waals surface area contributed by atoms with Crippen molar-refractivity contribution in [3.05, 3.63) is 58.9 Å². The summed E-state index contributed by atoms with van der Waals surface area (Å²) >= 11 is 0. The molecule has 216 valence electrons. The van der Waals surface area contributed by atoms with E-state index in [1.54, 1.807) is 4.90 Å². The summed E-state index contributed by atoms with van der Waals surface area (Å²) in [5.41, 5.74) is -10.2. The van der Waals surface area contributed by atoms with Crippen molar-refractivity contribution in [1.82, 2.24) is 13.9 Å². The van der Waals surface area contributed by atoms with Gasteiger partial charge in [-0.25, -0.2) is 8.96 Å². The van der Waals surface area contributed by atoms with Crippen LogP contribution in [0, 0.1) is 6.92 Å². The van der Waals surface area contributed by atoms with Gasteiger partial charge in [-0.05, 0) is 67.1 Å². The quantitative estimate of drug-likeness (QED) is 0.247. The molecule has 5 rings (SSSR count). The summed E-state index contributed by atoms with van der Waals surface area (Å²) in [6, 6.07) is 5.79. The highest BCUT2D eigenvalue weighted by Gasteiger charge is 2.50. The first kappa shape index (κ1) is 28.2. The number of hydrogen-bond donors (Lipinski definition) is 0. The third kappa shape index (κ3) is 4.48. The number of halogens is 6. The van der Waals surface area contributed by atoms with Crippen molar-refractivity contribution in [3.63, 3.8) is 0 Å². The number of hydrogen-bond acceptors (Lipinski definition) is 7. The zero-order chi connectivity index (χ0) is 29.4. The Morgan fingerprint density at radius 1 is 1.02 bits per heavy atom. The van der Waals surface area contributed by atoms with Gasteiger partial charge in [-0.3, -0.25) is 4.79 Å². The number of alkyl halides is 6. The van der Waals surface area contributed by atoms with Crippen molar-refractivity contribution < 1.29 is 52.2 Å². The number of aryl methyl sites for hydroxylation is 1. The molecular formula is C23H19F6N3O6S2. The van der Waals surface area contributed by atoms with E-state index >= 15 is 0 Å². The first-order valence-corrected chi connectivity index (χ1v) is 14.5. The van der Waals surface area contributed by atoms with Gasteiger partial charge in [0.25, 0.3) is 5.91 Å². The molecule has 17 heteroatoms. The minimum Gasteiger partial charge on any atom is -0.376 e. The lowest BCUT2D eigenvalue weighted by Gasteiger charge is -2.38. The summed E-state index contributed by atoms with van der Waals surface area (Å²) in [4.78, 5) is 18.8. The van der Waals surface area contributed by atoms with Crippen LogP contribution >= 0.6 is 0 Å². The van der Waals surface area contributed by atoms with Gasteiger partial charge in [0.15, 0.2) is 0 Å². The molecule has 2 aromatic carbocycles. The van der Waals surface area contributed by atoms with Crippen LogP contribution in [0.2, 0.25) is 0 Å². The van der Waals surface area contributed by atoms with Crippen LogP contribution in [0.4, 0.5) is 26.3 Å². The molecule has 0 radical (unpaired) electrons. The van der Waals surface area contributed by atoms with E-state index in [9.17, 15) is 48.0 Å². The Morgan fingerprint density at radius 3 is 2.38 bits per heavy atom. The Kier molecular flexibility index (Phi) is 6.41. The number of benzene rings is 2. The van der Waals surface area contributed by atoms with E-state index in [1.165, 1.54) is 31.2 Å². The number of rotatable bonds is 4. The van der Waals surface area contributed by atoms with Crippen LogP contribution in [0.25, 0.3) is 11.0 Å². The second-order valence-corrected chi connectivity index (χ2v) is 12.9. The van der Waals surface area contributed by atoms with Crippen LogP contribution in [0.1, 0.15) is 45.8 Å². The Bertz CT molecular complexity index is 1750. The topological polar surface area (TPSA) is 116 Å². The van der Waals surface area contributed by atoms with Crippen LogP contribution in [-0.2, 0) is 26.6 Å². The summed E-state index contributed by atoms with van der Waals surface area (Å²) in [7, 11) is -11.6. The van der Waals surface area contributed by atoms with E-state index in [0.717, 1.165) is 11.6 Å². The molecule has 1 aliphatic carbocycles. The third-order valence-electron chi connectivity index (χ3n) is 7.10. The zero-order valence-corrected chi connectivity index (χ0v) is 22.0. The van der Waals surface area contributed by atoms with Gasteiger partial charge in [0.2, 0.25) is 0 Å². The average molecular weight is 612 g/mol. The molecule has 0 N–H and O–H groups in total. The third-order valence-corrected chi connectivity index (χ3v) is 9.46. The van der Waals surface area contributed by atoms with Crippen molar-refractivity contribution in [1.29, 1.82) is 0 Å². The fourth-order valence-corrected chi connectivity index (χ4v) is 6.60. The van der Waals surface area contributed by atoms with E-state index in [-0.39, 0.29) is 32.1 Å². The summed E-state index contributed by atoms with van der Waals surface area (Å²) in [5.74, 6) is -1.29. The molecule has 1 aliphatic heterocycles. The van der Waals surface area contributed by atoms with Gasteiger partial charge < -0.3 is 9.08 Å². The number of carbonyl (C=O) groups is 1. The molecule has 2 atom stereocenters. The predicted molar refractivity (Wildman–Crippen MR) is 127 cm³/mol. The van der Waals surface area contributed by atoms with Crippen LogP contribution in [0.15, 0.2) is 36.7 Å². The van der Waals surface area contributed by atoms with Crippen molar-refractivity contribution in [2.45, 2.75) is 49.2 Å². The summed E-state index contributed by atoms with van der Waals surface area (Å²) in [5, 5.41) is 0. The Morgan fingerprint density at radius 2 is 1.73 bits per heavy atom. The molecule has 1 unspecified atom stereocenters. The smallest absolute Gasteiger partial charge is 0.376 e. The molecule has 1 fully saturated rings. The van der Waals surface area contributed by atoms with Crippen molar-refractivity contribution >= 4 is 37.1 Å². The lowest BCUT2D eigenvalue weighted by atomic mass is 9.88. The number of likely N-dealkylation sites (tertiary alicyclic amines) is 1. The van der Waals surface area contributed by atoms with Crippen LogP contribution in [-0.4, -0.2) is 60.2 Å². The molecule has 0 saturated carbocycles. The minimum atomic E-state index is -5.89. The second kappa shape index (κ2) is 9.09. The number of piperidine rings is 1. The maximum Gasteiger partial charge on any atom is 0.534 e. The van der Waals surface area contributed by atoms with E-state index < -0.39 is 48.9 Å². The van der Waals surface area contributed by atoms with E-state index in [2.05, 4.69) is 9.17 Å². The fourth-order valence-electron chi connectivity index (χ4n) is 5.28. The van der Waals surface area contributed by atoms with Crippen LogP contribution in [0.3, 0.4) is 0 Å². The van der Waals surface area contributed by atoms with Gasteiger partial charge >= 0.3 is 31.2 Å². The summed E-state index contributed by atoms with van der Waals surface area (Å²) < 4.78 is 129. The average Bonchev–Trinajstić information content (AvgIpc) is 3.43. The van der Waals surface area contributed by atoms with Crippen LogP contribution < -0.4 is 4.18 Å². The zero-order valence-electron chi connectivity index (χ0n) is 20.3. The first-order valence-electron chi connectivity index (χ1n) is 11.7. The number of carbonyl (C=O) groups excluding carboxylic acids is 1. The summed E-state index contributed by atoms with van der Waals surface area (Å²) in [6.45, 7) is 1.72. The molecule has 1 saturated heterocycles. The Balaban J connectivity index is 1.43. The normalized spacial score (nSPS) is 19.9. The molecule has 9 nitrogen and oxygen atoms in total. The number of aromatic nitrogens is 2. The van der Waals surface area contributed by atoms with Crippen molar-refractivity contribution in [2.75, 3.05) is 6.54 Å². The van der Waals surface area contributed by atoms with Crippen molar-refractivity contribution in [2.24, 2.45) is 0 Å². The maximum atomic E-state index is 13.5. The minimum absolute atomic E-state index is 0.0118. The van der Waals surface area contributed by atoms with Gasteiger partial charge in [0, 0.05) is 24.1 Å². The van der Waals surface area contributed by atoms with E-state index in [1.807, 2.05) is 0 Å². The van der Waals surface area contributed by atoms with E-state index in [0.29, 0.717) is 37.7 Å². The molecule has 0 spiro atoms. The highest BCUT2D eigenvalue weighted by Crippen LogP contribution is 2.45. The molecule has 2 heterocycles. The number of fused-ring (bicyclic) bond motifs is 4. The molecular weight excluding hydrogens is 592 g/mol. The number of nitrogens with zero attached hydrogens (tertiary/aromatic N) is 3. The summed E-state index contributed by atoms with van der Waals surface area (Å²) in [6.07, 6.45) is 1.92. The molecule has 2 aliphatic rings. The van der Waals surface area contributed by atoms with Crippen LogP contribution in [0.5, 0.6) is 5.75 Å². The largest absolute Gasteiger partial charge is 0.534 e. The molecule has 40 heavy (non-hydrogen) atoms. The maximum absolute atomic E-state index is 13.5. The highest BCUT2D eigenvalue weighted by molar-refractivity contribution is 7.91. The van der Waals surface area contributed by atoms with Gasteiger partial charge in [-0.1, -0.05) is 6.07 Å². The highest BCUT2D eigenvalue weighted by atomic mass is 32.2. The molecule has 1 aromatic heterocycles. The fraction of sp³-hybridized carbons (Fsp3) is 0.391. The second-order valence-electron chi connectivity index (χ2n) is 9.51. The number of amides is 1. The molecule has 1 amide bonds. The predicted octanol–water partition coefficient (Wildman–Crippen LogP) is 4.22. The van der Waals surface area contributed by atoms with E-state index in [4.69, 9.17) is 0 Å². The van der Waals surface area contributed by atoms with Gasteiger partial charge in [-0.15, -0.1) is 0 Å².